The zero-order chi connectivity index (χ0) is 29.2. The molecule has 1 saturated carbocycles. The molecule has 7 nitrogen and oxygen atoms in total. The van der Waals surface area contributed by atoms with E-state index in [0.717, 1.165) is 24.8 Å². The highest BCUT2D eigenvalue weighted by Gasteiger charge is 2.49. The number of piperidine rings is 1. The van der Waals surface area contributed by atoms with Crippen molar-refractivity contribution in [1.82, 2.24) is 14.4 Å². The van der Waals surface area contributed by atoms with Crippen molar-refractivity contribution in [2.45, 2.75) is 90.7 Å². The van der Waals surface area contributed by atoms with Gasteiger partial charge >= 0.3 is 0 Å². The lowest BCUT2D eigenvalue weighted by Gasteiger charge is -2.51. The minimum atomic E-state index is -1.21. The van der Waals surface area contributed by atoms with E-state index in [1.54, 1.807) is 12.3 Å². The number of hydrogen-bond acceptors (Lipinski definition) is 4. The first kappa shape index (κ1) is 29.6. The lowest BCUT2D eigenvalue weighted by molar-refractivity contribution is -0.157. The molecule has 2 amide bonds. The van der Waals surface area contributed by atoms with Gasteiger partial charge in [0, 0.05) is 55.3 Å². The van der Waals surface area contributed by atoms with Crippen LogP contribution < -0.4 is 5.56 Å². The van der Waals surface area contributed by atoms with Crippen LogP contribution in [-0.4, -0.2) is 63.1 Å². The van der Waals surface area contributed by atoms with Gasteiger partial charge in [-0.15, -0.1) is 0 Å². The van der Waals surface area contributed by atoms with Crippen molar-refractivity contribution in [2.24, 2.45) is 17.3 Å². The van der Waals surface area contributed by atoms with Crippen molar-refractivity contribution < 1.29 is 14.7 Å². The molecular weight excluding hydrogens is 514 g/mol. The summed E-state index contributed by atoms with van der Waals surface area (Å²) in [5.74, 6) is 0.718. The highest BCUT2D eigenvalue weighted by atomic mass is 16.3. The zero-order valence-corrected chi connectivity index (χ0v) is 25.1. The number of amides is 2. The molecule has 1 aromatic heterocycles. The molecule has 2 aliphatic heterocycles. The Morgan fingerprint density at radius 2 is 1.66 bits per heavy atom. The highest BCUT2D eigenvalue weighted by Crippen LogP contribution is 2.41. The molecule has 0 bridgehead atoms. The summed E-state index contributed by atoms with van der Waals surface area (Å²) in [7, 11) is 0. The predicted octanol–water partition coefficient (Wildman–Crippen LogP) is 5.35. The number of aliphatic hydroxyl groups is 1. The van der Waals surface area contributed by atoms with Crippen LogP contribution in [-0.2, 0) is 11.3 Å². The Morgan fingerprint density at radius 1 is 0.976 bits per heavy atom. The Hall–Kier alpha value is -2.93. The topological polar surface area (TPSA) is 82.8 Å². The molecule has 222 valence electrons. The predicted molar refractivity (Wildman–Crippen MR) is 162 cm³/mol. The van der Waals surface area contributed by atoms with Crippen LogP contribution >= 0.6 is 0 Å². The first-order chi connectivity index (χ1) is 19.6. The monoisotopic (exact) mass is 561 g/mol. The van der Waals surface area contributed by atoms with Crippen LogP contribution in [0.1, 0.15) is 88.9 Å². The summed E-state index contributed by atoms with van der Waals surface area (Å²) < 4.78 is 1.51. The van der Waals surface area contributed by atoms with Crippen molar-refractivity contribution in [2.75, 3.05) is 26.2 Å². The molecule has 5 rings (SSSR count). The fraction of sp³-hybridized carbons (Fsp3) is 0.618. The van der Waals surface area contributed by atoms with Gasteiger partial charge in [-0.3, -0.25) is 14.4 Å². The van der Waals surface area contributed by atoms with E-state index in [1.165, 1.54) is 36.7 Å². The Balaban J connectivity index is 1.36. The lowest BCUT2D eigenvalue weighted by Crippen LogP contribution is -2.61. The van der Waals surface area contributed by atoms with Crippen LogP contribution in [0.25, 0.3) is 11.1 Å². The smallest absolute Gasteiger partial charge is 0.255 e. The number of carbonyl (C=O) groups is 2. The minimum Gasteiger partial charge on any atom is -0.387 e. The third-order valence-electron chi connectivity index (χ3n) is 10.1. The first-order valence-corrected chi connectivity index (χ1v) is 15.7. The SMILES string of the molecule is C[C@H](CC1CCCCC1)C(=O)N1CC[C@](O)(Cn2cc(C(=O)N3CCCC3)c(-c3ccccc3)cc2=O)C(C)(C)C1. The van der Waals surface area contributed by atoms with Crippen LogP contribution in [0.15, 0.2) is 47.4 Å². The van der Waals surface area contributed by atoms with E-state index in [2.05, 4.69) is 6.92 Å². The highest BCUT2D eigenvalue weighted by molar-refractivity contribution is 6.00. The van der Waals surface area contributed by atoms with Crippen molar-refractivity contribution >= 4 is 11.8 Å². The zero-order valence-electron chi connectivity index (χ0n) is 25.1. The number of aromatic nitrogens is 1. The molecule has 0 radical (unpaired) electrons. The first-order valence-electron chi connectivity index (χ1n) is 15.7. The molecule has 2 atom stereocenters. The third kappa shape index (κ3) is 6.30. The number of pyridine rings is 1. The van der Waals surface area contributed by atoms with Crippen LogP contribution in [0.3, 0.4) is 0 Å². The average molecular weight is 562 g/mol. The number of nitrogens with zero attached hydrogens (tertiary/aromatic N) is 3. The summed E-state index contributed by atoms with van der Waals surface area (Å²) in [4.78, 5) is 44.3. The summed E-state index contributed by atoms with van der Waals surface area (Å²) >= 11 is 0. The van der Waals surface area contributed by atoms with E-state index in [-0.39, 0.29) is 29.8 Å². The van der Waals surface area contributed by atoms with Gasteiger partial charge in [0.25, 0.3) is 11.5 Å². The Morgan fingerprint density at radius 3 is 2.32 bits per heavy atom. The quantitative estimate of drug-likeness (QED) is 0.494. The molecule has 2 saturated heterocycles. The second-order valence-electron chi connectivity index (χ2n) is 13.5. The third-order valence-corrected chi connectivity index (χ3v) is 10.1. The lowest BCUT2D eigenvalue weighted by atomic mass is 9.69. The summed E-state index contributed by atoms with van der Waals surface area (Å²) in [6.45, 7) is 8.43. The van der Waals surface area contributed by atoms with Crippen molar-refractivity contribution in [3.63, 3.8) is 0 Å². The van der Waals surface area contributed by atoms with Crippen molar-refractivity contribution in [3.8, 4) is 11.1 Å². The molecule has 3 heterocycles. The molecule has 0 unspecified atom stereocenters. The summed E-state index contributed by atoms with van der Waals surface area (Å²) in [6, 6.07) is 11.1. The van der Waals surface area contributed by atoms with Gasteiger partial charge in [-0.05, 0) is 37.2 Å². The van der Waals surface area contributed by atoms with Gasteiger partial charge in [0.1, 0.15) is 0 Å². The molecular formula is C34H47N3O4. The molecule has 0 spiro atoms. The van der Waals surface area contributed by atoms with E-state index >= 15 is 0 Å². The summed E-state index contributed by atoms with van der Waals surface area (Å²) in [5.41, 5.74) is -0.145. The fourth-order valence-corrected chi connectivity index (χ4v) is 7.27. The van der Waals surface area contributed by atoms with E-state index in [4.69, 9.17) is 0 Å². The second-order valence-corrected chi connectivity index (χ2v) is 13.5. The van der Waals surface area contributed by atoms with Crippen LogP contribution in [0.4, 0.5) is 0 Å². The molecule has 2 aromatic rings. The number of carbonyl (C=O) groups excluding carboxylic acids is 2. The van der Waals surface area contributed by atoms with Crippen LogP contribution in [0.5, 0.6) is 0 Å². The van der Waals surface area contributed by atoms with Crippen molar-refractivity contribution in [1.29, 1.82) is 0 Å². The van der Waals surface area contributed by atoms with Gasteiger partial charge in [-0.2, -0.15) is 0 Å². The van der Waals surface area contributed by atoms with E-state index < -0.39 is 11.0 Å². The molecule has 1 aliphatic carbocycles. The Labute approximate surface area is 244 Å². The summed E-state index contributed by atoms with van der Waals surface area (Å²) in [5, 5.41) is 12.0. The maximum atomic E-state index is 13.6. The average Bonchev–Trinajstić information content (AvgIpc) is 3.51. The van der Waals surface area contributed by atoms with E-state index in [9.17, 15) is 19.5 Å². The Bertz CT molecular complexity index is 1290. The summed E-state index contributed by atoms with van der Waals surface area (Å²) in [6.07, 6.45) is 11.2. The molecule has 3 aliphatic rings. The van der Waals surface area contributed by atoms with E-state index in [0.29, 0.717) is 49.6 Å². The molecule has 3 fully saturated rings. The van der Waals surface area contributed by atoms with Crippen LogP contribution in [0, 0.1) is 17.3 Å². The fourth-order valence-electron chi connectivity index (χ4n) is 7.27. The number of benzene rings is 1. The standard InChI is InChI=1S/C34H47N3O4/c1-25(20-26-12-6-4-7-13-26)31(39)36-19-16-34(41,33(2,3)23-36)24-37-22-29(32(40)35-17-10-11-18-35)28(21-30(37)38)27-14-8-5-9-15-27/h5,8-9,14-15,21-22,25-26,41H,4,6-7,10-13,16-20,23-24H2,1-3H3/t25-,34+/m1/s1. The minimum absolute atomic E-state index is 0.0209. The maximum Gasteiger partial charge on any atom is 0.255 e. The number of hydrogen-bond donors (Lipinski definition) is 1. The maximum absolute atomic E-state index is 13.6. The molecule has 1 N–H and O–H groups in total. The molecule has 41 heavy (non-hydrogen) atoms. The second kappa shape index (κ2) is 12.1. The van der Waals surface area contributed by atoms with Crippen LogP contribution in [0.2, 0.25) is 0 Å². The molecule has 1 aromatic carbocycles. The van der Waals surface area contributed by atoms with Gasteiger partial charge in [-0.25, -0.2) is 0 Å². The normalized spacial score (nSPS) is 23.9. The van der Waals surface area contributed by atoms with Gasteiger partial charge in [0.15, 0.2) is 0 Å². The van der Waals surface area contributed by atoms with Gasteiger partial charge in [0.2, 0.25) is 5.91 Å². The van der Waals surface area contributed by atoms with Gasteiger partial charge < -0.3 is 19.5 Å². The largest absolute Gasteiger partial charge is 0.387 e. The van der Waals surface area contributed by atoms with Crippen molar-refractivity contribution in [3.05, 3.63) is 58.5 Å². The van der Waals surface area contributed by atoms with Gasteiger partial charge in [-0.1, -0.05) is 83.2 Å². The number of rotatable bonds is 7. The number of likely N-dealkylation sites (tertiary alicyclic amines) is 2. The van der Waals surface area contributed by atoms with E-state index in [1.807, 2.05) is 54.0 Å². The van der Waals surface area contributed by atoms with Gasteiger partial charge in [0.05, 0.1) is 17.7 Å². The Kier molecular flexibility index (Phi) is 8.74. The molecule has 7 heteroatoms.